The molecule has 3 rings (SSSR count). The van der Waals surface area contributed by atoms with E-state index in [0.29, 0.717) is 18.3 Å². The highest BCUT2D eigenvalue weighted by Crippen LogP contribution is 2.43. The lowest BCUT2D eigenvalue weighted by Crippen LogP contribution is -2.58. The summed E-state index contributed by atoms with van der Waals surface area (Å²) in [6.45, 7) is 8.74. The summed E-state index contributed by atoms with van der Waals surface area (Å²) in [5.74, 6) is 0.845. The largest absolute Gasteiger partial charge is 0.367 e. The highest BCUT2D eigenvalue weighted by atomic mass is 16.7. The number of carbonyl (C=O) groups excluding carboxylic acids is 1. The molecule has 25 heavy (non-hydrogen) atoms. The Hall–Kier alpha value is -1.35. The zero-order valence-corrected chi connectivity index (χ0v) is 16.3. The van der Waals surface area contributed by atoms with Crippen molar-refractivity contribution in [3.8, 4) is 0 Å². The second-order valence-corrected chi connectivity index (χ2v) is 9.15. The minimum atomic E-state index is -0.0914. The van der Waals surface area contributed by atoms with Gasteiger partial charge in [0.1, 0.15) is 0 Å². The van der Waals surface area contributed by atoms with E-state index in [-0.39, 0.29) is 17.0 Å². The van der Waals surface area contributed by atoms with Crippen LogP contribution in [0, 0.1) is 5.92 Å². The minimum Gasteiger partial charge on any atom is -0.367 e. The normalized spacial score (nSPS) is 28.6. The van der Waals surface area contributed by atoms with Crippen LogP contribution in [0.1, 0.15) is 84.1 Å². The van der Waals surface area contributed by atoms with Crippen molar-refractivity contribution in [2.75, 3.05) is 0 Å². The molecule has 1 aromatic rings. The van der Waals surface area contributed by atoms with Crippen molar-refractivity contribution >= 4 is 5.97 Å². The Morgan fingerprint density at radius 2 is 1.68 bits per heavy atom. The van der Waals surface area contributed by atoms with Crippen LogP contribution in [0.5, 0.6) is 0 Å². The molecule has 3 nitrogen and oxygen atoms in total. The van der Waals surface area contributed by atoms with Crippen molar-refractivity contribution in [3.05, 3.63) is 35.9 Å². The highest BCUT2D eigenvalue weighted by Gasteiger charge is 2.44. The van der Waals surface area contributed by atoms with Gasteiger partial charge in [-0.15, -0.1) is 5.06 Å². The average molecular weight is 344 g/mol. The molecule has 2 atom stereocenters. The van der Waals surface area contributed by atoms with Gasteiger partial charge < -0.3 is 4.84 Å². The van der Waals surface area contributed by atoms with Gasteiger partial charge in [0.15, 0.2) is 0 Å². The number of nitrogens with zero attached hydrogens (tertiary/aromatic N) is 1. The molecule has 1 aliphatic heterocycles. The van der Waals surface area contributed by atoms with Gasteiger partial charge in [0.2, 0.25) is 0 Å². The molecule has 0 N–H and O–H groups in total. The second-order valence-electron chi connectivity index (χ2n) is 9.15. The van der Waals surface area contributed by atoms with E-state index in [0.717, 1.165) is 19.3 Å². The van der Waals surface area contributed by atoms with Crippen molar-refractivity contribution in [2.24, 2.45) is 5.92 Å². The summed E-state index contributed by atoms with van der Waals surface area (Å²) in [5.41, 5.74) is 1.19. The number of hydroxylamine groups is 2. The van der Waals surface area contributed by atoms with E-state index < -0.39 is 0 Å². The fraction of sp³-hybridized carbons (Fsp3) is 0.682. The molecule has 1 saturated carbocycles. The summed E-state index contributed by atoms with van der Waals surface area (Å²) in [6.07, 6.45) is 7.37. The van der Waals surface area contributed by atoms with Crippen molar-refractivity contribution < 1.29 is 9.63 Å². The Morgan fingerprint density at radius 1 is 1.04 bits per heavy atom. The third-order valence-electron chi connectivity index (χ3n) is 6.19. The molecule has 2 aliphatic rings. The third kappa shape index (κ3) is 4.08. The van der Waals surface area contributed by atoms with E-state index in [2.05, 4.69) is 58.0 Å². The van der Waals surface area contributed by atoms with Crippen molar-refractivity contribution in [1.29, 1.82) is 0 Å². The van der Waals surface area contributed by atoms with Gasteiger partial charge in [-0.2, -0.15) is 0 Å². The first-order valence-corrected chi connectivity index (χ1v) is 9.86. The van der Waals surface area contributed by atoms with Gasteiger partial charge in [-0.05, 0) is 77.2 Å². The Bertz CT molecular complexity index is 577. The highest BCUT2D eigenvalue weighted by molar-refractivity contribution is 5.69. The van der Waals surface area contributed by atoms with Crippen LogP contribution in [0.3, 0.4) is 0 Å². The number of hydrogen-bond acceptors (Lipinski definition) is 3. The first-order valence-electron chi connectivity index (χ1n) is 9.86. The summed E-state index contributed by atoms with van der Waals surface area (Å²) in [5, 5.41) is 1.98. The molecule has 0 spiro atoms. The van der Waals surface area contributed by atoms with E-state index in [1.807, 2.05) is 5.06 Å². The number of carbonyl (C=O) groups is 1. The molecule has 1 aromatic carbocycles. The maximum Gasteiger partial charge on any atom is 0.325 e. The Balaban J connectivity index is 1.65. The van der Waals surface area contributed by atoms with E-state index in [9.17, 15) is 4.79 Å². The summed E-state index contributed by atoms with van der Waals surface area (Å²) in [4.78, 5) is 18.7. The molecule has 0 bridgehead atoms. The molecule has 0 unspecified atom stereocenters. The standard InChI is InChI=1S/C22H33NO2/c1-21(2)14-9-15-22(3,4)23(21)25-20(24)16-18-12-8-13-19(18)17-10-6-5-7-11-17/h5-7,10-11,18-19H,8-9,12-16H2,1-4H3/t18-,19+/m0/s1. The summed E-state index contributed by atoms with van der Waals surface area (Å²) in [7, 11) is 0. The van der Waals surface area contributed by atoms with E-state index in [1.54, 1.807) is 0 Å². The number of piperidine rings is 1. The van der Waals surface area contributed by atoms with Gasteiger partial charge in [0.25, 0.3) is 0 Å². The molecule has 2 fully saturated rings. The molecule has 1 saturated heterocycles. The molecular weight excluding hydrogens is 310 g/mol. The van der Waals surface area contributed by atoms with Crippen LogP contribution in [0.25, 0.3) is 0 Å². The fourth-order valence-corrected chi connectivity index (χ4v) is 5.00. The van der Waals surface area contributed by atoms with Crippen LogP contribution in [0.4, 0.5) is 0 Å². The van der Waals surface area contributed by atoms with E-state index in [4.69, 9.17) is 4.84 Å². The van der Waals surface area contributed by atoms with Gasteiger partial charge >= 0.3 is 5.97 Å². The van der Waals surface area contributed by atoms with Gasteiger partial charge in [-0.25, -0.2) is 0 Å². The number of rotatable bonds is 4. The van der Waals surface area contributed by atoms with Crippen LogP contribution in [-0.2, 0) is 9.63 Å². The minimum absolute atomic E-state index is 0.0594. The number of benzene rings is 1. The summed E-state index contributed by atoms with van der Waals surface area (Å²) >= 11 is 0. The van der Waals surface area contributed by atoms with E-state index in [1.165, 1.54) is 24.8 Å². The van der Waals surface area contributed by atoms with Crippen LogP contribution in [-0.4, -0.2) is 22.1 Å². The summed E-state index contributed by atoms with van der Waals surface area (Å²) in [6, 6.07) is 10.7. The van der Waals surface area contributed by atoms with Gasteiger partial charge in [0.05, 0.1) is 17.5 Å². The van der Waals surface area contributed by atoms with Crippen LogP contribution in [0.2, 0.25) is 0 Å². The molecule has 1 heterocycles. The van der Waals surface area contributed by atoms with E-state index >= 15 is 0 Å². The van der Waals surface area contributed by atoms with Gasteiger partial charge in [-0.3, -0.25) is 4.79 Å². The predicted molar refractivity (Wildman–Crippen MR) is 101 cm³/mol. The van der Waals surface area contributed by atoms with Gasteiger partial charge in [0, 0.05) is 0 Å². The molecule has 0 amide bonds. The lowest BCUT2D eigenvalue weighted by Gasteiger charge is -2.50. The van der Waals surface area contributed by atoms with Crippen LogP contribution in [0.15, 0.2) is 30.3 Å². The Morgan fingerprint density at radius 3 is 2.32 bits per heavy atom. The number of hydrogen-bond donors (Lipinski definition) is 0. The maximum atomic E-state index is 12.8. The molecule has 138 valence electrons. The van der Waals surface area contributed by atoms with Crippen LogP contribution < -0.4 is 0 Å². The average Bonchev–Trinajstić information content (AvgIpc) is 2.99. The molecular formula is C22H33NO2. The topological polar surface area (TPSA) is 29.5 Å². The molecule has 0 radical (unpaired) electrons. The first kappa shape index (κ1) is 18.4. The molecule has 1 aliphatic carbocycles. The third-order valence-corrected chi connectivity index (χ3v) is 6.19. The maximum absolute atomic E-state index is 12.8. The lowest BCUT2D eigenvalue weighted by molar-refractivity contribution is -0.266. The van der Waals surface area contributed by atoms with Crippen LogP contribution >= 0.6 is 0 Å². The fourth-order valence-electron chi connectivity index (χ4n) is 5.00. The smallest absolute Gasteiger partial charge is 0.325 e. The predicted octanol–water partition coefficient (Wildman–Crippen LogP) is 5.46. The van der Waals surface area contributed by atoms with Crippen molar-refractivity contribution in [2.45, 2.75) is 89.6 Å². The quantitative estimate of drug-likeness (QED) is 0.727. The Labute approximate surface area is 152 Å². The lowest BCUT2D eigenvalue weighted by atomic mass is 9.82. The zero-order chi connectivity index (χ0) is 18.1. The van der Waals surface area contributed by atoms with Gasteiger partial charge in [-0.1, -0.05) is 36.8 Å². The van der Waals surface area contributed by atoms with Crippen molar-refractivity contribution in [3.63, 3.8) is 0 Å². The first-order chi connectivity index (χ1) is 11.8. The Kier molecular flexibility index (Phi) is 5.24. The summed E-state index contributed by atoms with van der Waals surface area (Å²) < 4.78 is 0. The van der Waals surface area contributed by atoms with Crippen molar-refractivity contribution in [1.82, 2.24) is 5.06 Å². The molecule has 0 aromatic heterocycles. The second kappa shape index (κ2) is 7.11. The molecule has 3 heteroatoms. The SMILES string of the molecule is CC1(C)CCCC(C)(C)N1OC(=O)C[C@@H]1CCC[C@@H]1c1ccccc1. The monoisotopic (exact) mass is 343 g/mol. The zero-order valence-electron chi connectivity index (χ0n) is 16.3.